The monoisotopic (exact) mass is 356 g/mol. The summed E-state index contributed by atoms with van der Waals surface area (Å²) in [5, 5.41) is 0. The maximum atomic E-state index is 10.4. The molecule has 0 radical (unpaired) electrons. The molecule has 2 rings (SSSR count). The van der Waals surface area contributed by atoms with Crippen LogP contribution in [0.25, 0.3) is 0 Å². The minimum absolute atomic E-state index is 0. The van der Waals surface area contributed by atoms with Crippen LogP contribution < -0.4 is 5.73 Å². The Hall–Kier alpha value is -0.899. The second-order valence-electron chi connectivity index (χ2n) is 2.73. The van der Waals surface area contributed by atoms with Gasteiger partial charge in [0, 0.05) is 27.3 Å². The van der Waals surface area contributed by atoms with Gasteiger partial charge in [-0.15, -0.1) is 6.42 Å². The summed E-state index contributed by atoms with van der Waals surface area (Å²) >= 11 is 0. The fraction of sp³-hybridized carbons (Fsp3) is 0.0556. The first kappa shape index (κ1) is 49.7. The van der Waals surface area contributed by atoms with Gasteiger partial charge in [0.2, 0.25) is 5.91 Å². The molecular weight excluding hydrogens is 322 g/mol. The molecule has 132 valence electrons. The SMILES string of the molecule is NC(=O)c1ccccc1.[C-]1=CC=CC1.[CH3-].[CH3-].[CH3-].[CH3-].[CH3-].[CH3-].[SiH4].[Ti]. The summed E-state index contributed by atoms with van der Waals surface area (Å²) in [4.78, 5) is 10.4. The second kappa shape index (κ2) is 32.2. The molecule has 0 saturated carbocycles. The molecule has 0 unspecified atom stereocenters. The van der Waals surface area contributed by atoms with E-state index in [0.29, 0.717) is 5.56 Å². The van der Waals surface area contributed by atoms with Crippen molar-refractivity contribution in [2.75, 3.05) is 0 Å². The molecule has 2 nitrogen and oxygen atoms in total. The fourth-order valence-corrected chi connectivity index (χ4v) is 0.943. The summed E-state index contributed by atoms with van der Waals surface area (Å²) in [7, 11) is 0. The predicted octanol–water partition coefficient (Wildman–Crippen LogP) is 3.34. The van der Waals surface area contributed by atoms with Gasteiger partial charge in [-0.05, 0) is 23.1 Å². The normalized spacial score (nSPS) is 7.64. The van der Waals surface area contributed by atoms with Crippen LogP contribution >= 0.6 is 0 Å². The van der Waals surface area contributed by atoms with Crippen molar-refractivity contribution in [1.82, 2.24) is 0 Å². The quantitative estimate of drug-likeness (QED) is 0.609. The van der Waals surface area contributed by atoms with Crippen molar-refractivity contribution in [2.24, 2.45) is 5.73 Å². The molecule has 1 aromatic carbocycles. The van der Waals surface area contributed by atoms with Crippen LogP contribution in [0, 0.1) is 50.6 Å². The summed E-state index contributed by atoms with van der Waals surface area (Å²) in [5.41, 5.74) is 5.53. The summed E-state index contributed by atoms with van der Waals surface area (Å²) in [6.45, 7) is 0. The summed E-state index contributed by atoms with van der Waals surface area (Å²) in [6, 6.07) is 8.76. The molecule has 0 fully saturated rings. The van der Waals surface area contributed by atoms with Crippen LogP contribution in [0.5, 0.6) is 0 Å². The van der Waals surface area contributed by atoms with Crippen LogP contribution in [0.4, 0.5) is 0 Å². The van der Waals surface area contributed by atoms with Crippen molar-refractivity contribution in [1.29, 1.82) is 0 Å². The first-order valence-corrected chi connectivity index (χ1v) is 4.37. The van der Waals surface area contributed by atoms with Crippen molar-refractivity contribution in [3.05, 3.63) is 105 Å². The van der Waals surface area contributed by atoms with Crippen molar-refractivity contribution < 1.29 is 26.5 Å². The average Bonchev–Trinajstić information content (AvgIpc) is 2.77. The van der Waals surface area contributed by atoms with Crippen LogP contribution in [0.3, 0.4) is 0 Å². The second-order valence-corrected chi connectivity index (χ2v) is 2.73. The van der Waals surface area contributed by atoms with Gasteiger partial charge < -0.3 is 50.3 Å². The van der Waals surface area contributed by atoms with Gasteiger partial charge >= 0.3 is 0 Å². The Bertz CT molecular complexity index is 341. The molecule has 1 aliphatic rings. The zero-order valence-corrected chi connectivity index (χ0v) is 15.9. The molecule has 0 bridgehead atoms. The van der Waals surface area contributed by atoms with Crippen molar-refractivity contribution in [2.45, 2.75) is 6.42 Å². The minimum Gasteiger partial charge on any atom is -0.366 e. The van der Waals surface area contributed by atoms with E-state index in [1.807, 2.05) is 18.2 Å². The van der Waals surface area contributed by atoms with Crippen LogP contribution in [-0.4, -0.2) is 16.9 Å². The number of rotatable bonds is 1. The number of primary amides is 1. The Kier molecular flexibility index (Phi) is 72.6. The smallest absolute Gasteiger partial charge is 0.248 e. The van der Waals surface area contributed by atoms with E-state index in [-0.39, 0.29) is 83.2 Å². The van der Waals surface area contributed by atoms with Gasteiger partial charge in [0.15, 0.2) is 0 Å². The summed E-state index contributed by atoms with van der Waals surface area (Å²) in [5.74, 6) is -0.379. The Morgan fingerprint density at radius 2 is 1.41 bits per heavy atom. The van der Waals surface area contributed by atoms with Gasteiger partial charge in [-0.2, -0.15) is 6.08 Å². The molecule has 1 amide bonds. The topological polar surface area (TPSA) is 43.1 Å². The molecule has 0 spiro atoms. The third-order valence-electron chi connectivity index (χ3n) is 1.64. The van der Waals surface area contributed by atoms with Crippen molar-refractivity contribution in [3.8, 4) is 0 Å². The molecule has 22 heavy (non-hydrogen) atoms. The third-order valence-corrected chi connectivity index (χ3v) is 1.64. The number of carbonyl (C=O) groups excluding carboxylic acids is 1. The number of amides is 1. The van der Waals surface area contributed by atoms with Crippen molar-refractivity contribution >= 4 is 16.9 Å². The first-order valence-electron chi connectivity index (χ1n) is 4.37. The molecule has 0 atom stereocenters. The van der Waals surface area contributed by atoms with Crippen LogP contribution in [-0.2, 0) is 21.7 Å². The van der Waals surface area contributed by atoms with Gasteiger partial charge in [0.1, 0.15) is 0 Å². The third kappa shape index (κ3) is 24.1. The molecular formula is C18H34NOSiTi-7. The Morgan fingerprint density at radius 3 is 1.59 bits per heavy atom. The largest absolute Gasteiger partial charge is 0.366 e. The molecule has 0 heterocycles. The molecule has 0 aromatic heterocycles. The van der Waals surface area contributed by atoms with E-state index in [9.17, 15) is 4.79 Å². The maximum absolute atomic E-state index is 10.4. The zero-order chi connectivity index (χ0) is 10.2. The van der Waals surface area contributed by atoms with E-state index >= 15 is 0 Å². The number of benzene rings is 1. The van der Waals surface area contributed by atoms with E-state index in [2.05, 4.69) is 12.2 Å². The average molecular weight is 356 g/mol. The number of carbonyl (C=O) groups is 1. The molecule has 0 aliphatic heterocycles. The van der Waals surface area contributed by atoms with Gasteiger partial charge in [-0.1, -0.05) is 18.2 Å². The van der Waals surface area contributed by atoms with E-state index in [0.717, 1.165) is 6.42 Å². The van der Waals surface area contributed by atoms with Crippen LogP contribution in [0.2, 0.25) is 0 Å². The first-order chi connectivity index (χ1) is 6.80. The number of allylic oxidation sites excluding steroid dienone is 4. The molecule has 0 saturated heterocycles. The Labute approximate surface area is 160 Å². The zero-order valence-electron chi connectivity index (χ0n) is 14.3. The Morgan fingerprint density at radius 1 is 0.955 bits per heavy atom. The van der Waals surface area contributed by atoms with E-state index in [1.165, 1.54) is 0 Å². The van der Waals surface area contributed by atoms with Gasteiger partial charge in [0.25, 0.3) is 0 Å². The fourth-order valence-electron chi connectivity index (χ4n) is 0.943. The summed E-state index contributed by atoms with van der Waals surface area (Å²) < 4.78 is 0. The van der Waals surface area contributed by atoms with Crippen LogP contribution in [0.15, 0.2) is 48.6 Å². The van der Waals surface area contributed by atoms with E-state index < -0.39 is 0 Å². The molecule has 1 aromatic rings. The number of hydrogen-bond donors (Lipinski definition) is 1. The minimum atomic E-state index is -0.379. The van der Waals surface area contributed by atoms with Gasteiger partial charge in [0.05, 0.1) is 0 Å². The molecule has 2 N–H and O–H groups in total. The molecule has 4 heteroatoms. The van der Waals surface area contributed by atoms with Crippen LogP contribution in [0.1, 0.15) is 16.8 Å². The maximum Gasteiger partial charge on any atom is 0.248 e. The van der Waals surface area contributed by atoms with Gasteiger partial charge in [-0.25, -0.2) is 12.2 Å². The van der Waals surface area contributed by atoms with E-state index in [4.69, 9.17) is 5.73 Å². The molecule has 1 aliphatic carbocycles. The standard InChI is InChI=1S/C7H7NO.C5H5.6CH3.H4Si.Ti/c8-7(9)6-4-2-1-3-5-6;1-2-4-5-3-1;;;;;;;;/h1-5H,(H2,8,9);1-3H,4H2;6*1H3;1H4;/q;7*-1;;. The van der Waals surface area contributed by atoms with Crippen molar-refractivity contribution in [3.63, 3.8) is 0 Å². The number of nitrogens with two attached hydrogens (primary N) is 1. The van der Waals surface area contributed by atoms with Gasteiger partial charge in [-0.3, -0.25) is 10.9 Å². The number of hydrogen-bond acceptors (Lipinski definition) is 1. The van der Waals surface area contributed by atoms with E-state index in [1.54, 1.807) is 24.3 Å². The predicted molar refractivity (Wildman–Crippen MR) is 106 cm³/mol. The summed E-state index contributed by atoms with van der Waals surface area (Å²) in [6.07, 6.45) is 10.0. The Balaban J connectivity index is -0.0000000230.